The Morgan fingerprint density at radius 3 is 2.79 bits per heavy atom. The van der Waals surface area contributed by atoms with Gasteiger partial charge in [-0.2, -0.15) is 0 Å². The van der Waals surface area contributed by atoms with E-state index in [4.69, 9.17) is 20.8 Å². The van der Waals surface area contributed by atoms with Crippen LogP contribution in [0.5, 0.6) is 0 Å². The smallest absolute Gasteiger partial charge is 0.306 e. The second-order valence-corrected chi connectivity index (χ2v) is 5.54. The van der Waals surface area contributed by atoms with Gasteiger partial charge in [0.05, 0.1) is 26.7 Å². The minimum atomic E-state index is -0.424. The van der Waals surface area contributed by atoms with Gasteiger partial charge >= 0.3 is 5.97 Å². The number of benzene rings is 1. The van der Waals surface area contributed by atoms with Crippen LogP contribution in [0.3, 0.4) is 0 Å². The molecule has 1 aromatic heterocycles. The highest BCUT2D eigenvalue weighted by Gasteiger charge is 2.18. The van der Waals surface area contributed by atoms with Gasteiger partial charge in [0.1, 0.15) is 5.52 Å². The van der Waals surface area contributed by atoms with Crippen LogP contribution < -0.4 is 0 Å². The zero-order valence-corrected chi connectivity index (χ0v) is 14.3. The van der Waals surface area contributed by atoms with E-state index >= 15 is 0 Å². The van der Waals surface area contributed by atoms with Crippen molar-refractivity contribution in [3.8, 4) is 0 Å². The number of hydrogen-bond donors (Lipinski definition) is 0. The zero-order chi connectivity index (χ0) is 17.5. The third-order valence-corrected chi connectivity index (χ3v) is 3.64. The van der Waals surface area contributed by atoms with Crippen LogP contribution in [0.2, 0.25) is 5.02 Å². The van der Waals surface area contributed by atoms with Crippen molar-refractivity contribution in [3.63, 3.8) is 0 Å². The van der Waals surface area contributed by atoms with E-state index in [9.17, 15) is 9.59 Å². The van der Waals surface area contributed by atoms with Crippen molar-refractivity contribution >= 4 is 34.6 Å². The molecule has 130 valence electrons. The molecule has 0 spiro atoms. The summed E-state index contributed by atoms with van der Waals surface area (Å²) in [7, 11) is 2.84. The van der Waals surface area contributed by atoms with Crippen LogP contribution >= 0.6 is 11.6 Å². The molecular formula is C16H19ClN2O5. The maximum atomic E-state index is 12.3. The van der Waals surface area contributed by atoms with E-state index in [1.807, 2.05) is 0 Å². The van der Waals surface area contributed by atoms with Crippen molar-refractivity contribution in [1.82, 2.24) is 9.88 Å². The molecule has 1 heterocycles. The Bertz CT molecular complexity index is 716. The van der Waals surface area contributed by atoms with E-state index in [2.05, 4.69) is 9.72 Å². The first-order valence-corrected chi connectivity index (χ1v) is 7.79. The van der Waals surface area contributed by atoms with Crippen LogP contribution in [0.4, 0.5) is 0 Å². The molecule has 0 saturated carbocycles. The molecule has 0 unspecified atom stereocenters. The quantitative estimate of drug-likeness (QED) is 0.677. The summed E-state index contributed by atoms with van der Waals surface area (Å²) in [6.45, 7) is 0.932. The fourth-order valence-electron chi connectivity index (χ4n) is 2.14. The first-order valence-electron chi connectivity index (χ1n) is 7.42. The maximum absolute atomic E-state index is 12.3. The van der Waals surface area contributed by atoms with Gasteiger partial charge in [0, 0.05) is 25.1 Å². The summed E-state index contributed by atoms with van der Waals surface area (Å²) in [6.07, 6.45) is 0.0877. The summed E-state index contributed by atoms with van der Waals surface area (Å²) < 4.78 is 15.2. The molecule has 7 nitrogen and oxygen atoms in total. The minimum Gasteiger partial charge on any atom is -0.469 e. The van der Waals surface area contributed by atoms with Crippen LogP contribution in [0.1, 0.15) is 18.7 Å². The number of ether oxygens (including phenoxy) is 2. The Morgan fingerprint density at radius 1 is 1.29 bits per heavy atom. The van der Waals surface area contributed by atoms with Crippen LogP contribution in [0, 0.1) is 0 Å². The first kappa shape index (κ1) is 18.2. The molecule has 0 fully saturated rings. The number of nitrogens with zero attached hydrogens (tertiary/aromatic N) is 2. The van der Waals surface area contributed by atoms with Gasteiger partial charge in [0.25, 0.3) is 0 Å². The lowest BCUT2D eigenvalue weighted by molar-refractivity contribution is -0.144. The fourth-order valence-corrected chi connectivity index (χ4v) is 2.31. The average Bonchev–Trinajstić information content (AvgIpc) is 2.97. The third kappa shape index (κ3) is 4.94. The van der Waals surface area contributed by atoms with Crippen LogP contribution in [0.15, 0.2) is 22.6 Å². The first-order chi connectivity index (χ1) is 11.5. The number of hydrogen-bond acceptors (Lipinski definition) is 6. The lowest BCUT2D eigenvalue weighted by Gasteiger charge is -2.20. The largest absolute Gasteiger partial charge is 0.469 e. The second-order valence-electron chi connectivity index (χ2n) is 5.10. The van der Waals surface area contributed by atoms with E-state index < -0.39 is 5.97 Å². The Labute approximate surface area is 144 Å². The normalized spacial score (nSPS) is 10.8. The molecule has 0 aliphatic heterocycles. The molecule has 0 radical (unpaired) electrons. The van der Waals surface area contributed by atoms with Crippen LogP contribution in [-0.4, -0.2) is 49.1 Å². The molecule has 0 aliphatic rings. The summed E-state index contributed by atoms with van der Waals surface area (Å²) in [5.74, 6) is -0.223. The fraction of sp³-hybridized carbons (Fsp3) is 0.438. The molecule has 2 aromatic rings. The Kier molecular flexibility index (Phi) is 6.57. The molecule has 0 saturated heterocycles. The van der Waals surface area contributed by atoms with E-state index in [-0.39, 0.29) is 25.3 Å². The van der Waals surface area contributed by atoms with Crippen molar-refractivity contribution in [1.29, 1.82) is 0 Å². The molecule has 8 heteroatoms. The Hall–Kier alpha value is -2.12. The molecule has 1 amide bonds. The maximum Gasteiger partial charge on any atom is 0.306 e. The van der Waals surface area contributed by atoms with Gasteiger partial charge in [-0.05, 0) is 18.2 Å². The average molecular weight is 355 g/mol. The van der Waals surface area contributed by atoms with Crippen molar-refractivity contribution < 1.29 is 23.5 Å². The van der Waals surface area contributed by atoms with Gasteiger partial charge in [-0.1, -0.05) is 11.6 Å². The topological polar surface area (TPSA) is 81.9 Å². The summed E-state index contributed by atoms with van der Waals surface area (Å²) in [6, 6.07) is 5.14. The number of methoxy groups -OCH3 is 2. The van der Waals surface area contributed by atoms with Gasteiger partial charge in [0.2, 0.25) is 11.8 Å². The van der Waals surface area contributed by atoms with Gasteiger partial charge in [-0.15, -0.1) is 0 Å². The summed E-state index contributed by atoms with van der Waals surface area (Å²) in [4.78, 5) is 29.4. The third-order valence-electron chi connectivity index (χ3n) is 3.41. The van der Waals surface area contributed by atoms with Crippen molar-refractivity contribution in [2.75, 3.05) is 27.4 Å². The number of carbonyl (C=O) groups is 2. The molecule has 0 N–H and O–H groups in total. The monoisotopic (exact) mass is 354 g/mol. The highest BCUT2D eigenvalue weighted by Crippen LogP contribution is 2.21. The van der Waals surface area contributed by atoms with Gasteiger partial charge in [-0.25, -0.2) is 4.98 Å². The van der Waals surface area contributed by atoms with E-state index in [0.717, 1.165) is 0 Å². The van der Waals surface area contributed by atoms with E-state index in [1.54, 1.807) is 30.2 Å². The standard InChI is InChI=1S/C16H19ClN2O5/c1-22-8-7-19(15(20)5-6-16(21)23-2)10-14-18-12-9-11(17)3-4-13(12)24-14/h3-4,9H,5-8,10H2,1-2H3. The molecule has 0 bridgehead atoms. The molecular weight excluding hydrogens is 336 g/mol. The molecule has 0 atom stereocenters. The van der Waals surface area contributed by atoms with Crippen LogP contribution in [0.25, 0.3) is 11.1 Å². The summed E-state index contributed by atoms with van der Waals surface area (Å²) in [5.41, 5.74) is 1.23. The number of carbonyl (C=O) groups excluding carboxylic acids is 2. The van der Waals surface area contributed by atoms with Gasteiger partial charge < -0.3 is 18.8 Å². The number of amides is 1. The van der Waals surface area contributed by atoms with E-state index in [1.165, 1.54) is 7.11 Å². The van der Waals surface area contributed by atoms with Crippen molar-refractivity contribution in [2.24, 2.45) is 0 Å². The number of aromatic nitrogens is 1. The molecule has 1 aromatic carbocycles. The number of rotatable bonds is 8. The van der Waals surface area contributed by atoms with Gasteiger partial charge in [0.15, 0.2) is 5.58 Å². The predicted octanol–water partition coefficient (Wildman–Crippen LogP) is 2.41. The lowest BCUT2D eigenvalue weighted by Crippen LogP contribution is -2.33. The van der Waals surface area contributed by atoms with Crippen molar-refractivity contribution in [3.05, 3.63) is 29.1 Å². The molecule has 0 aliphatic carbocycles. The number of halogens is 1. The summed E-state index contributed by atoms with van der Waals surface area (Å²) >= 11 is 5.93. The SMILES string of the molecule is COCCN(Cc1nc2cc(Cl)ccc2o1)C(=O)CCC(=O)OC. The predicted molar refractivity (Wildman–Crippen MR) is 87.6 cm³/mol. The highest BCUT2D eigenvalue weighted by atomic mass is 35.5. The Balaban J connectivity index is 2.08. The number of esters is 1. The second kappa shape index (κ2) is 8.65. The summed E-state index contributed by atoms with van der Waals surface area (Å²) in [5, 5.41) is 0.563. The van der Waals surface area contributed by atoms with Gasteiger partial charge in [-0.3, -0.25) is 9.59 Å². The molecule has 24 heavy (non-hydrogen) atoms. The van der Waals surface area contributed by atoms with Crippen molar-refractivity contribution in [2.45, 2.75) is 19.4 Å². The minimum absolute atomic E-state index is 0.0297. The Morgan fingerprint density at radius 2 is 2.08 bits per heavy atom. The number of fused-ring (bicyclic) bond motifs is 1. The lowest BCUT2D eigenvalue weighted by atomic mass is 10.2. The van der Waals surface area contributed by atoms with Crippen LogP contribution in [-0.2, 0) is 25.6 Å². The molecule has 2 rings (SSSR count). The number of oxazole rings is 1. The zero-order valence-electron chi connectivity index (χ0n) is 13.6. The highest BCUT2D eigenvalue weighted by molar-refractivity contribution is 6.31. The van der Waals surface area contributed by atoms with E-state index in [0.29, 0.717) is 35.2 Å².